The highest BCUT2D eigenvalue weighted by Crippen LogP contribution is 2.12. The van der Waals surface area contributed by atoms with Gasteiger partial charge >= 0.3 is 5.97 Å². The van der Waals surface area contributed by atoms with Crippen molar-refractivity contribution in [2.75, 3.05) is 21.1 Å². The molecule has 0 rings (SSSR count). The number of carboxylic acids is 1. The number of hydrogen-bond donors (Lipinski definition) is 2. The maximum atomic E-state index is 12.0. The maximum absolute atomic E-state index is 12.0. The van der Waals surface area contributed by atoms with E-state index < -0.39 is 12.0 Å². The van der Waals surface area contributed by atoms with Crippen molar-refractivity contribution in [3.63, 3.8) is 0 Å². The molecule has 5 heteroatoms. The lowest BCUT2D eigenvalue weighted by Crippen LogP contribution is -2.60. The van der Waals surface area contributed by atoms with Gasteiger partial charge in [0, 0.05) is 6.42 Å². The molecule has 0 aromatic rings. The van der Waals surface area contributed by atoms with E-state index in [1.54, 1.807) is 0 Å². The predicted molar refractivity (Wildman–Crippen MR) is 85.1 cm³/mol. The number of rotatable bonds is 11. The first kappa shape index (κ1) is 19.9. The summed E-state index contributed by atoms with van der Waals surface area (Å²) in [6.07, 6.45) is 6.62. The van der Waals surface area contributed by atoms with Gasteiger partial charge in [-0.15, -0.1) is 0 Å². The summed E-state index contributed by atoms with van der Waals surface area (Å²) < 4.78 is 0.296. The molecule has 0 heterocycles. The van der Waals surface area contributed by atoms with Gasteiger partial charge < -0.3 is 14.9 Å². The molecule has 2 N–H and O–H groups in total. The molecule has 0 saturated heterocycles. The minimum atomic E-state index is -0.863. The molecule has 0 aliphatic heterocycles. The molecule has 124 valence electrons. The van der Waals surface area contributed by atoms with E-state index in [0.29, 0.717) is 17.3 Å². The van der Waals surface area contributed by atoms with Crippen LogP contribution >= 0.6 is 0 Å². The Balaban J connectivity index is 4.40. The largest absolute Gasteiger partial charge is 0.477 e. The fourth-order valence-corrected chi connectivity index (χ4v) is 2.62. The van der Waals surface area contributed by atoms with Gasteiger partial charge in [0.25, 0.3) is 0 Å². The van der Waals surface area contributed by atoms with Gasteiger partial charge in [-0.1, -0.05) is 39.5 Å². The Hall–Kier alpha value is -1.10. The van der Waals surface area contributed by atoms with Crippen molar-refractivity contribution in [2.45, 2.75) is 70.9 Å². The molecule has 0 aliphatic carbocycles. The molecule has 0 saturated carbocycles. The van der Waals surface area contributed by atoms with Crippen LogP contribution in [-0.2, 0) is 9.59 Å². The molecule has 0 bridgehead atoms. The topological polar surface area (TPSA) is 66.4 Å². The molecule has 0 aromatic carbocycles. The minimum absolute atomic E-state index is 0.0296. The van der Waals surface area contributed by atoms with E-state index >= 15 is 0 Å². The Labute approximate surface area is 129 Å². The van der Waals surface area contributed by atoms with Crippen molar-refractivity contribution in [1.82, 2.24) is 5.32 Å². The molecule has 2 unspecified atom stereocenters. The number of quaternary nitrogens is 1. The fourth-order valence-electron chi connectivity index (χ4n) is 2.62. The number of amides is 1. The van der Waals surface area contributed by atoms with E-state index in [9.17, 15) is 14.7 Å². The molecule has 0 aliphatic rings. The van der Waals surface area contributed by atoms with Crippen LogP contribution in [-0.4, -0.2) is 54.7 Å². The van der Waals surface area contributed by atoms with Crippen molar-refractivity contribution in [3.05, 3.63) is 0 Å². The Morgan fingerprint density at radius 3 is 2.05 bits per heavy atom. The van der Waals surface area contributed by atoms with Crippen LogP contribution in [0.15, 0.2) is 0 Å². The highest BCUT2D eigenvalue weighted by atomic mass is 16.4. The summed E-state index contributed by atoms with van der Waals surface area (Å²) in [5.41, 5.74) is 0. The van der Waals surface area contributed by atoms with Crippen molar-refractivity contribution < 1.29 is 19.2 Å². The van der Waals surface area contributed by atoms with Gasteiger partial charge in [0.05, 0.1) is 27.2 Å². The quantitative estimate of drug-likeness (QED) is 0.455. The van der Waals surface area contributed by atoms with Crippen molar-refractivity contribution in [2.24, 2.45) is 0 Å². The second-order valence-electron chi connectivity index (χ2n) is 6.65. The number of carboxylic acid groups (broad SMARTS) is 1. The average Bonchev–Trinajstić information content (AvgIpc) is 2.35. The van der Waals surface area contributed by atoms with Gasteiger partial charge in [-0.2, -0.15) is 0 Å². The van der Waals surface area contributed by atoms with Gasteiger partial charge in [-0.05, 0) is 12.8 Å². The van der Waals surface area contributed by atoms with Crippen LogP contribution in [0.2, 0.25) is 0 Å². The number of likely N-dealkylation sites (N-methyl/N-ethyl adjacent to an activating group) is 1. The summed E-state index contributed by atoms with van der Waals surface area (Å²) in [6, 6.07) is -0.954. The highest BCUT2D eigenvalue weighted by molar-refractivity contribution is 5.78. The van der Waals surface area contributed by atoms with Gasteiger partial charge in [0.2, 0.25) is 11.9 Å². The van der Waals surface area contributed by atoms with Crippen molar-refractivity contribution in [3.8, 4) is 0 Å². The third kappa shape index (κ3) is 8.05. The van der Waals surface area contributed by atoms with E-state index in [4.69, 9.17) is 0 Å². The van der Waals surface area contributed by atoms with Crippen LogP contribution in [0.5, 0.6) is 0 Å². The van der Waals surface area contributed by atoms with Crippen molar-refractivity contribution >= 4 is 11.9 Å². The normalized spacial score (nSPS) is 14.5. The van der Waals surface area contributed by atoms with E-state index in [0.717, 1.165) is 19.3 Å². The summed E-state index contributed by atoms with van der Waals surface area (Å²) in [5, 5.41) is 12.3. The molecule has 5 nitrogen and oxygen atoms in total. The zero-order valence-electron chi connectivity index (χ0n) is 14.3. The molecule has 2 atom stereocenters. The van der Waals surface area contributed by atoms with E-state index in [-0.39, 0.29) is 11.9 Å². The summed E-state index contributed by atoms with van der Waals surface area (Å²) in [4.78, 5) is 23.5. The predicted octanol–water partition coefficient (Wildman–Crippen LogP) is 2.40. The molecular formula is C16H33N2O3+. The van der Waals surface area contributed by atoms with Gasteiger partial charge in [-0.25, -0.2) is 4.79 Å². The van der Waals surface area contributed by atoms with Crippen LogP contribution in [0.1, 0.15) is 58.8 Å². The van der Waals surface area contributed by atoms with E-state index in [1.807, 2.05) is 28.1 Å². The Bertz CT molecular complexity index is 324. The van der Waals surface area contributed by atoms with Crippen LogP contribution in [0, 0.1) is 0 Å². The minimum Gasteiger partial charge on any atom is -0.477 e. The average molecular weight is 301 g/mol. The van der Waals surface area contributed by atoms with Gasteiger partial charge in [0.1, 0.15) is 0 Å². The Kier molecular flexibility index (Phi) is 9.26. The third-order valence-electron chi connectivity index (χ3n) is 3.76. The Morgan fingerprint density at radius 1 is 1.05 bits per heavy atom. The van der Waals surface area contributed by atoms with Crippen LogP contribution in [0.3, 0.4) is 0 Å². The number of unbranched alkanes of at least 4 members (excludes halogenated alkanes) is 4. The van der Waals surface area contributed by atoms with Crippen molar-refractivity contribution in [1.29, 1.82) is 0 Å². The lowest BCUT2D eigenvalue weighted by atomic mass is 10.0. The lowest BCUT2D eigenvalue weighted by molar-refractivity contribution is -0.888. The molecule has 0 aromatic heterocycles. The van der Waals surface area contributed by atoms with Crippen LogP contribution in [0.4, 0.5) is 0 Å². The van der Waals surface area contributed by atoms with E-state index in [2.05, 4.69) is 12.2 Å². The summed E-state index contributed by atoms with van der Waals surface area (Å²) in [7, 11) is 5.54. The number of hydrogen-bond acceptors (Lipinski definition) is 2. The number of nitrogens with one attached hydrogen (secondary N) is 1. The van der Waals surface area contributed by atoms with Crippen LogP contribution in [0.25, 0.3) is 0 Å². The highest BCUT2D eigenvalue weighted by Gasteiger charge is 2.39. The summed E-state index contributed by atoms with van der Waals surface area (Å²) in [6.45, 7) is 4.08. The second-order valence-corrected chi connectivity index (χ2v) is 6.65. The standard InChI is InChI=1S/C16H32N2O3/c1-6-8-9-10-11-12-14(19)17-13(7-2)15(16(20)21)18(3,4)5/h13,15H,6-12H2,1-5H3,(H-,17,19,20,21)/p+1. The molecular weight excluding hydrogens is 268 g/mol. The summed E-state index contributed by atoms with van der Waals surface area (Å²) in [5.74, 6) is -0.893. The fraction of sp³-hybridized carbons (Fsp3) is 0.875. The molecule has 0 fully saturated rings. The molecule has 21 heavy (non-hydrogen) atoms. The third-order valence-corrected chi connectivity index (χ3v) is 3.76. The lowest BCUT2D eigenvalue weighted by Gasteiger charge is -2.36. The summed E-state index contributed by atoms with van der Waals surface area (Å²) >= 11 is 0. The SMILES string of the molecule is CCCCCCCC(=O)NC(CC)C(C(=O)O)[N+](C)(C)C. The van der Waals surface area contributed by atoms with E-state index in [1.165, 1.54) is 12.8 Å². The zero-order valence-corrected chi connectivity index (χ0v) is 14.3. The van der Waals surface area contributed by atoms with Gasteiger partial charge in [0.15, 0.2) is 0 Å². The maximum Gasteiger partial charge on any atom is 0.364 e. The first-order valence-corrected chi connectivity index (χ1v) is 8.07. The number of carbonyl (C=O) groups excluding carboxylic acids is 1. The van der Waals surface area contributed by atoms with Gasteiger partial charge in [-0.3, -0.25) is 4.79 Å². The number of aliphatic carboxylic acids is 1. The first-order chi connectivity index (χ1) is 9.73. The molecule has 1 amide bonds. The smallest absolute Gasteiger partial charge is 0.364 e. The zero-order chi connectivity index (χ0) is 16.5. The second kappa shape index (κ2) is 9.77. The number of nitrogens with zero attached hydrogens (tertiary/aromatic N) is 1. The van der Waals surface area contributed by atoms with Crippen LogP contribution < -0.4 is 5.32 Å². The molecule has 0 radical (unpaired) electrons. The Morgan fingerprint density at radius 2 is 1.62 bits per heavy atom. The first-order valence-electron chi connectivity index (χ1n) is 8.07. The number of carbonyl (C=O) groups is 2. The molecule has 0 spiro atoms. The monoisotopic (exact) mass is 301 g/mol.